The quantitative estimate of drug-likeness (QED) is 0.441. The fourth-order valence-electron chi connectivity index (χ4n) is 0.557. The van der Waals surface area contributed by atoms with Crippen molar-refractivity contribution in [3.05, 3.63) is 36.5 Å². The first kappa shape index (κ1) is 11.3. The van der Waals surface area contributed by atoms with E-state index in [9.17, 15) is 0 Å². The van der Waals surface area contributed by atoms with Gasteiger partial charge in [-0.05, 0) is 37.3 Å². The Balaban J connectivity index is 3.81. The summed E-state index contributed by atoms with van der Waals surface area (Å²) in [6, 6.07) is 0. The molecular formula is C13H14. The summed E-state index contributed by atoms with van der Waals surface area (Å²) in [6.45, 7) is 4.02. The normalized spacial score (nSPS) is 10.0. The second-order valence-corrected chi connectivity index (χ2v) is 2.23. The third-order valence-electron chi connectivity index (χ3n) is 1.12. The average molecular weight is 170 g/mol. The smallest absolute Gasteiger partial charge is 0.0102 e. The summed E-state index contributed by atoms with van der Waals surface area (Å²) in [5, 5.41) is 0. The summed E-state index contributed by atoms with van der Waals surface area (Å²) in [5.74, 6) is 11.0. The largest absolute Gasteiger partial charge is 0.0848 e. The van der Waals surface area contributed by atoms with E-state index in [1.807, 2.05) is 25.2 Å². The predicted molar refractivity (Wildman–Crippen MR) is 58.9 cm³/mol. The molecule has 0 heteroatoms. The van der Waals surface area contributed by atoms with Gasteiger partial charge in [0.2, 0.25) is 0 Å². The highest BCUT2D eigenvalue weighted by molar-refractivity contribution is 5.34. The summed E-state index contributed by atoms with van der Waals surface area (Å²) >= 11 is 0. The van der Waals surface area contributed by atoms with Crippen molar-refractivity contribution >= 4 is 0 Å². The second kappa shape index (κ2) is 10.3. The van der Waals surface area contributed by atoms with Crippen LogP contribution in [0.1, 0.15) is 20.3 Å². The van der Waals surface area contributed by atoms with E-state index in [1.165, 1.54) is 0 Å². The molecule has 0 aromatic carbocycles. The molecule has 0 bridgehead atoms. The van der Waals surface area contributed by atoms with Crippen molar-refractivity contribution in [1.82, 2.24) is 0 Å². The van der Waals surface area contributed by atoms with Crippen LogP contribution in [0.2, 0.25) is 0 Å². The fourth-order valence-corrected chi connectivity index (χ4v) is 0.557. The summed E-state index contributed by atoms with van der Waals surface area (Å²) < 4.78 is 0. The highest BCUT2D eigenvalue weighted by Crippen LogP contribution is 1.80. The second-order valence-electron chi connectivity index (χ2n) is 2.23. The van der Waals surface area contributed by atoms with Crippen molar-refractivity contribution in [2.24, 2.45) is 0 Å². The van der Waals surface area contributed by atoms with Crippen molar-refractivity contribution in [2.75, 3.05) is 0 Å². The van der Waals surface area contributed by atoms with Gasteiger partial charge >= 0.3 is 0 Å². The fraction of sp³-hybridized carbons (Fsp3) is 0.231. The molecule has 0 rings (SSSR count). The standard InChI is InChI=1S/C13H14/c1-3-5-7-9-11-13-12-10-8-6-4-2/h3,5-6,8,10,12H,4H2,1-2H3/b5-3-,8-6-,12-10+. The lowest BCUT2D eigenvalue weighted by Crippen LogP contribution is -1.54. The predicted octanol–water partition coefficient (Wildman–Crippen LogP) is 3.09. The van der Waals surface area contributed by atoms with Crippen LogP contribution in [-0.4, -0.2) is 0 Å². The van der Waals surface area contributed by atoms with Crippen LogP contribution in [0.4, 0.5) is 0 Å². The highest BCUT2D eigenvalue weighted by Gasteiger charge is 1.61. The topological polar surface area (TPSA) is 0 Å². The highest BCUT2D eigenvalue weighted by atomic mass is 13.7. The maximum absolute atomic E-state index is 2.81. The maximum atomic E-state index is 2.81. The van der Waals surface area contributed by atoms with Gasteiger partial charge in [0.25, 0.3) is 0 Å². The molecule has 0 fully saturated rings. The van der Waals surface area contributed by atoms with Crippen molar-refractivity contribution in [2.45, 2.75) is 20.3 Å². The van der Waals surface area contributed by atoms with E-state index in [0.29, 0.717) is 0 Å². The van der Waals surface area contributed by atoms with Gasteiger partial charge in [-0.15, -0.1) is 0 Å². The van der Waals surface area contributed by atoms with Gasteiger partial charge in [-0.25, -0.2) is 0 Å². The molecule has 0 aromatic heterocycles. The van der Waals surface area contributed by atoms with Gasteiger partial charge in [0.1, 0.15) is 0 Å². The molecule has 0 spiro atoms. The first-order valence-corrected chi connectivity index (χ1v) is 4.35. The lowest BCUT2D eigenvalue weighted by Gasteiger charge is -1.71. The lowest BCUT2D eigenvalue weighted by molar-refractivity contribution is 1.22. The zero-order valence-corrected chi connectivity index (χ0v) is 8.17. The third-order valence-corrected chi connectivity index (χ3v) is 1.12. The Hall–Kier alpha value is -1.66. The van der Waals surface area contributed by atoms with Crippen LogP contribution in [0.25, 0.3) is 0 Å². The van der Waals surface area contributed by atoms with E-state index in [2.05, 4.69) is 36.7 Å². The third kappa shape index (κ3) is 10.3. The van der Waals surface area contributed by atoms with Crippen LogP contribution in [0.5, 0.6) is 0 Å². The van der Waals surface area contributed by atoms with Crippen molar-refractivity contribution in [1.29, 1.82) is 0 Å². The number of allylic oxidation sites excluding steroid dienone is 6. The Bertz CT molecular complexity index is 305. The summed E-state index contributed by atoms with van der Waals surface area (Å²) in [6.07, 6.45) is 12.5. The van der Waals surface area contributed by atoms with Crippen LogP contribution < -0.4 is 0 Å². The molecule has 0 N–H and O–H groups in total. The summed E-state index contributed by atoms with van der Waals surface area (Å²) in [5.41, 5.74) is 0. The number of hydrogen-bond acceptors (Lipinski definition) is 0. The van der Waals surface area contributed by atoms with E-state index >= 15 is 0 Å². The van der Waals surface area contributed by atoms with Crippen LogP contribution in [0.15, 0.2) is 36.5 Å². The Morgan fingerprint density at radius 2 is 1.69 bits per heavy atom. The van der Waals surface area contributed by atoms with Crippen LogP contribution in [-0.2, 0) is 0 Å². The minimum absolute atomic E-state index is 1.05. The molecule has 0 radical (unpaired) electrons. The van der Waals surface area contributed by atoms with Crippen LogP contribution >= 0.6 is 0 Å². The molecule has 0 amide bonds. The van der Waals surface area contributed by atoms with Crippen molar-refractivity contribution in [3.8, 4) is 23.7 Å². The van der Waals surface area contributed by atoms with E-state index in [1.54, 1.807) is 12.2 Å². The molecule has 0 saturated carbocycles. The molecule has 0 unspecified atom stereocenters. The van der Waals surface area contributed by atoms with E-state index in [-0.39, 0.29) is 0 Å². The first-order valence-electron chi connectivity index (χ1n) is 4.35. The van der Waals surface area contributed by atoms with E-state index in [4.69, 9.17) is 0 Å². The zero-order chi connectivity index (χ0) is 9.78. The Morgan fingerprint density at radius 1 is 1.00 bits per heavy atom. The monoisotopic (exact) mass is 170 g/mol. The number of rotatable bonds is 2. The van der Waals surface area contributed by atoms with Gasteiger partial charge in [0, 0.05) is 0 Å². The Morgan fingerprint density at radius 3 is 2.31 bits per heavy atom. The molecule has 0 aromatic rings. The summed E-state index contributed by atoms with van der Waals surface area (Å²) in [4.78, 5) is 0. The average Bonchev–Trinajstić information content (AvgIpc) is 2.16. The van der Waals surface area contributed by atoms with Gasteiger partial charge in [0.05, 0.1) is 0 Å². The van der Waals surface area contributed by atoms with Crippen LogP contribution in [0.3, 0.4) is 0 Å². The van der Waals surface area contributed by atoms with Gasteiger partial charge in [-0.1, -0.05) is 43.1 Å². The molecule has 0 aliphatic carbocycles. The molecule has 0 nitrogen and oxygen atoms in total. The molecule has 0 aliphatic heterocycles. The van der Waals surface area contributed by atoms with Crippen molar-refractivity contribution in [3.63, 3.8) is 0 Å². The Kier molecular flexibility index (Phi) is 9.02. The van der Waals surface area contributed by atoms with E-state index in [0.717, 1.165) is 6.42 Å². The minimum atomic E-state index is 1.05. The van der Waals surface area contributed by atoms with Gasteiger partial charge in [-0.3, -0.25) is 0 Å². The Labute approximate surface area is 81.0 Å². The first-order chi connectivity index (χ1) is 6.41. The van der Waals surface area contributed by atoms with Crippen LogP contribution in [0, 0.1) is 23.7 Å². The molecule has 0 aliphatic rings. The van der Waals surface area contributed by atoms with Gasteiger partial charge < -0.3 is 0 Å². The van der Waals surface area contributed by atoms with E-state index < -0.39 is 0 Å². The zero-order valence-electron chi connectivity index (χ0n) is 8.17. The molecule has 0 atom stereocenters. The molecule has 66 valence electrons. The molecule has 0 heterocycles. The van der Waals surface area contributed by atoms with Gasteiger partial charge in [0.15, 0.2) is 0 Å². The lowest BCUT2D eigenvalue weighted by atomic mass is 10.4. The van der Waals surface area contributed by atoms with Gasteiger partial charge in [-0.2, -0.15) is 0 Å². The molecule has 0 saturated heterocycles. The maximum Gasteiger partial charge on any atom is -0.0102 e. The molecular weight excluding hydrogens is 156 g/mol. The SMILES string of the molecule is C/C=C\C#CC#C/C=C/C=C\CC. The summed E-state index contributed by atoms with van der Waals surface area (Å²) in [7, 11) is 0. The minimum Gasteiger partial charge on any atom is -0.0848 e. The molecule has 13 heavy (non-hydrogen) atoms. The number of hydrogen-bond donors (Lipinski definition) is 0. The van der Waals surface area contributed by atoms with Crippen molar-refractivity contribution < 1.29 is 0 Å².